The zero-order valence-electron chi connectivity index (χ0n) is 11.7. The molecule has 0 saturated carbocycles. The fourth-order valence-electron chi connectivity index (χ4n) is 2.37. The maximum absolute atomic E-state index is 13.6. The van der Waals surface area contributed by atoms with Gasteiger partial charge in [-0.25, -0.2) is 8.42 Å². The molecular weight excluding hydrogens is 301 g/mol. The van der Waals surface area contributed by atoms with Crippen molar-refractivity contribution in [3.63, 3.8) is 0 Å². The van der Waals surface area contributed by atoms with E-state index in [1.165, 1.54) is 4.31 Å². The van der Waals surface area contributed by atoms with Crippen LogP contribution in [-0.2, 0) is 10.0 Å². The van der Waals surface area contributed by atoms with Gasteiger partial charge in [0.05, 0.1) is 4.92 Å². The van der Waals surface area contributed by atoms with Crippen LogP contribution >= 0.6 is 0 Å². The molecule has 9 heteroatoms. The minimum absolute atomic E-state index is 0.0485. The average molecular weight is 317 g/mol. The topological polar surface area (TPSA) is 83.8 Å². The van der Waals surface area contributed by atoms with Gasteiger partial charge in [0.2, 0.25) is 15.8 Å². The Kier molecular flexibility index (Phi) is 4.26. The summed E-state index contributed by atoms with van der Waals surface area (Å²) in [5.74, 6) is -1.15. The van der Waals surface area contributed by atoms with Crippen LogP contribution in [-0.4, -0.2) is 55.8 Å². The molecule has 0 radical (unpaired) electrons. The third-order valence-electron chi connectivity index (χ3n) is 3.61. The number of para-hydroxylation sites is 1. The number of benzene rings is 1. The van der Waals surface area contributed by atoms with Gasteiger partial charge >= 0.3 is 5.69 Å². The molecule has 21 heavy (non-hydrogen) atoms. The Morgan fingerprint density at radius 2 is 2.10 bits per heavy atom. The number of sulfonamides is 1. The number of rotatable bonds is 4. The molecule has 1 saturated heterocycles. The highest BCUT2D eigenvalue weighted by molar-refractivity contribution is 7.89. The van der Waals surface area contributed by atoms with E-state index in [9.17, 15) is 22.9 Å². The highest BCUT2D eigenvalue weighted by Gasteiger charge is 2.38. The van der Waals surface area contributed by atoms with Crippen LogP contribution in [0.25, 0.3) is 0 Å². The highest BCUT2D eigenvalue weighted by atomic mass is 32.2. The number of hydrogen-bond acceptors (Lipinski definition) is 5. The first-order valence-corrected chi connectivity index (χ1v) is 7.78. The quantitative estimate of drug-likeness (QED) is 0.612. The largest absolute Gasteiger partial charge is 0.324 e. The maximum atomic E-state index is 13.6. The van der Waals surface area contributed by atoms with Crippen molar-refractivity contribution in [1.82, 2.24) is 9.21 Å². The molecule has 1 fully saturated rings. The van der Waals surface area contributed by atoms with E-state index in [1.807, 2.05) is 19.0 Å². The second-order valence-electron chi connectivity index (χ2n) is 5.11. The Morgan fingerprint density at radius 3 is 2.62 bits per heavy atom. The lowest BCUT2D eigenvalue weighted by Gasteiger charge is -2.20. The lowest BCUT2D eigenvalue weighted by molar-refractivity contribution is -0.390. The Morgan fingerprint density at radius 1 is 1.43 bits per heavy atom. The van der Waals surface area contributed by atoms with E-state index in [4.69, 9.17) is 0 Å². The lowest BCUT2D eigenvalue weighted by atomic mass is 10.2. The van der Waals surface area contributed by atoms with Gasteiger partial charge in [-0.3, -0.25) is 10.1 Å². The number of hydrogen-bond donors (Lipinski definition) is 0. The first-order valence-electron chi connectivity index (χ1n) is 6.34. The van der Waals surface area contributed by atoms with Crippen LogP contribution in [0.5, 0.6) is 0 Å². The Bertz CT molecular complexity index is 662. The van der Waals surface area contributed by atoms with Crippen LogP contribution in [0.15, 0.2) is 23.1 Å². The van der Waals surface area contributed by atoms with Crippen molar-refractivity contribution in [3.05, 3.63) is 34.1 Å². The summed E-state index contributed by atoms with van der Waals surface area (Å²) in [7, 11) is -0.401. The van der Waals surface area contributed by atoms with Crippen LogP contribution in [0, 0.1) is 15.9 Å². The number of halogens is 1. The average Bonchev–Trinajstić information content (AvgIpc) is 2.88. The molecule has 0 spiro atoms. The van der Waals surface area contributed by atoms with Gasteiger partial charge in [0.25, 0.3) is 0 Å². The van der Waals surface area contributed by atoms with Crippen LogP contribution < -0.4 is 0 Å². The molecule has 1 aliphatic heterocycles. The standard InChI is InChI=1S/C12H16FN3O4S/c1-14(2)9-6-7-15(8-9)21(19,20)11-5-3-4-10(13)12(11)16(17)18/h3-5,9H,6-8H2,1-2H3. The summed E-state index contributed by atoms with van der Waals surface area (Å²) in [6, 6.07) is 3.16. The first kappa shape index (κ1) is 15.8. The number of likely N-dealkylation sites (N-methyl/N-ethyl adjacent to an activating group) is 1. The van der Waals surface area contributed by atoms with Crippen molar-refractivity contribution < 1.29 is 17.7 Å². The molecule has 2 rings (SSSR count). The number of nitro benzene ring substituents is 1. The highest BCUT2D eigenvalue weighted by Crippen LogP contribution is 2.31. The molecule has 1 atom stereocenters. The van der Waals surface area contributed by atoms with E-state index < -0.39 is 31.3 Å². The molecule has 0 N–H and O–H groups in total. The van der Waals surface area contributed by atoms with Gasteiger partial charge in [0.15, 0.2) is 4.90 Å². The zero-order chi connectivity index (χ0) is 15.8. The summed E-state index contributed by atoms with van der Waals surface area (Å²) in [5, 5.41) is 11.0. The van der Waals surface area contributed by atoms with Crippen LogP contribution in [0.3, 0.4) is 0 Å². The molecule has 0 bridgehead atoms. The van der Waals surface area contributed by atoms with Crippen LogP contribution in [0.4, 0.5) is 10.1 Å². The predicted octanol–water partition coefficient (Wildman–Crippen LogP) is 1.06. The van der Waals surface area contributed by atoms with E-state index in [2.05, 4.69) is 0 Å². The molecule has 0 amide bonds. The van der Waals surface area contributed by atoms with Crippen LogP contribution in [0.1, 0.15) is 6.42 Å². The summed E-state index contributed by atoms with van der Waals surface area (Å²) < 4.78 is 39.8. The molecule has 1 aromatic carbocycles. The maximum Gasteiger partial charge on any atom is 0.324 e. The van der Waals surface area contributed by atoms with Crippen molar-refractivity contribution >= 4 is 15.7 Å². The Balaban J connectivity index is 2.42. The molecule has 1 unspecified atom stereocenters. The number of nitrogens with zero attached hydrogens (tertiary/aromatic N) is 3. The first-order chi connectivity index (χ1) is 9.75. The van der Waals surface area contributed by atoms with Gasteiger partial charge in [0, 0.05) is 19.1 Å². The summed E-state index contributed by atoms with van der Waals surface area (Å²) >= 11 is 0. The monoisotopic (exact) mass is 317 g/mol. The van der Waals surface area contributed by atoms with Crippen molar-refractivity contribution in [2.45, 2.75) is 17.4 Å². The van der Waals surface area contributed by atoms with Gasteiger partial charge < -0.3 is 4.90 Å². The van der Waals surface area contributed by atoms with Gasteiger partial charge in [-0.05, 0) is 32.6 Å². The SMILES string of the molecule is CN(C)C1CCN(S(=O)(=O)c2cccc(F)c2[N+](=O)[O-])C1. The van der Waals surface area contributed by atoms with E-state index in [1.54, 1.807) is 0 Å². The van der Waals surface area contributed by atoms with E-state index in [0.717, 1.165) is 18.2 Å². The van der Waals surface area contributed by atoms with E-state index >= 15 is 0 Å². The summed E-state index contributed by atoms with van der Waals surface area (Å²) in [6.45, 7) is 0.502. The van der Waals surface area contributed by atoms with Gasteiger partial charge in [0.1, 0.15) is 0 Å². The molecule has 116 valence electrons. The Hall–Kier alpha value is -1.58. The van der Waals surface area contributed by atoms with Crippen LogP contribution in [0.2, 0.25) is 0 Å². The van der Waals surface area contributed by atoms with Gasteiger partial charge in [-0.1, -0.05) is 6.07 Å². The summed E-state index contributed by atoms with van der Waals surface area (Å²) in [4.78, 5) is 11.3. The normalized spacial score (nSPS) is 20.1. The molecular formula is C12H16FN3O4S. The second kappa shape index (κ2) is 5.66. The minimum Gasteiger partial charge on any atom is -0.305 e. The molecule has 1 aromatic rings. The Labute approximate surface area is 122 Å². The van der Waals surface area contributed by atoms with Crippen molar-refractivity contribution in [1.29, 1.82) is 0 Å². The molecule has 1 heterocycles. The second-order valence-corrected chi connectivity index (χ2v) is 7.02. The predicted molar refractivity (Wildman–Crippen MR) is 73.9 cm³/mol. The number of nitro groups is 1. The smallest absolute Gasteiger partial charge is 0.305 e. The summed E-state index contributed by atoms with van der Waals surface area (Å²) in [5.41, 5.74) is -0.995. The fourth-order valence-corrected chi connectivity index (χ4v) is 4.03. The zero-order valence-corrected chi connectivity index (χ0v) is 12.5. The minimum atomic E-state index is -4.08. The molecule has 0 aliphatic carbocycles. The molecule has 0 aromatic heterocycles. The summed E-state index contributed by atoms with van der Waals surface area (Å²) in [6.07, 6.45) is 0.634. The fraction of sp³-hybridized carbons (Fsp3) is 0.500. The third-order valence-corrected chi connectivity index (χ3v) is 5.50. The van der Waals surface area contributed by atoms with Crippen molar-refractivity contribution in [2.24, 2.45) is 0 Å². The van der Waals surface area contributed by atoms with E-state index in [0.29, 0.717) is 6.42 Å². The third kappa shape index (κ3) is 2.89. The van der Waals surface area contributed by atoms with Crippen molar-refractivity contribution in [2.75, 3.05) is 27.2 Å². The molecule has 7 nitrogen and oxygen atoms in total. The molecule has 1 aliphatic rings. The van der Waals surface area contributed by atoms with Crippen molar-refractivity contribution in [3.8, 4) is 0 Å². The lowest BCUT2D eigenvalue weighted by Crippen LogP contribution is -2.34. The van der Waals surface area contributed by atoms with Gasteiger partial charge in [-0.15, -0.1) is 0 Å². The van der Waals surface area contributed by atoms with E-state index in [-0.39, 0.29) is 19.1 Å². The van der Waals surface area contributed by atoms with Gasteiger partial charge in [-0.2, -0.15) is 8.70 Å².